The third-order valence-electron chi connectivity index (χ3n) is 10.7. The normalized spacial score (nSPS) is 30.2. The summed E-state index contributed by atoms with van der Waals surface area (Å²) in [6.45, 7) is 8.88. The van der Waals surface area contributed by atoms with Crippen molar-refractivity contribution in [2.24, 2.45) is 10.4 Å². The topological polar surface area (TPSA) is 76.4 Å². The van der Waals surface area contributed by atoms with E-state index in [4.69, 9.17) is 4.99 Å². The lowest BCUT2D eigenvalue weighted by Gasteiger charge is -2.49. The molecule has 3 aliphatic carbocycles. The van der Waals surface area contributed by atoms with Crippen molar-refractivity contribution in [3.05, 3.63) is 82.4 Å². The summed E-state index contributed by atoms with van der Waals surface area (Å²) in [6.07, 6.45) is 9.34. The van der Waals surface area contributed by atoms with Gasteiger partial charge in [0.15, 0.2) is 11.7 Å². The van der Waals surface area contributed by atoms with E-state index >= 15 is 0 Å². The highest BCUT2D eigenvalue weighted by Crippen LogP contribution is 2.59. The smallest absolute Gasteiger partial charge is 0.196 e. The van der Waals surface area contributed by atoms with Crippen molar-refractivity contribution in [3.63, 3.8) is 0 Å². The number of carbonyl (C=O) groups excluding carboxylic acids is 1. The largest absolute Gasteiger partial charge is 0.393 e. The highest BCUT2D eigenvalue weighted by atomic mass is 16.3. The van der Waals surface area contributed by atoms with Crippen molar-refractivity contribution in [2.75, 3.05) is 32.7 Å². The minimum Gasteiger partial charge on any atom is -0.393 e. The summed E-state index contributed by atoms with van der Waals surface area (Å²) in [6, 6.07) is 15.8. The molecule has 2 N–H and O–H groups in total. The first-order chi connectivity index (χ1) is 20.3. The van der Waals surface area contributed by atoms with Crippen LogP contribution in [0.25, 0.3) is 0 Å². The van der Waals surface area contributed by atoms with Crippen LogP contribution in [0.1, 0.15) is 98.2 Å². The Labute approximate surface area is 251 Å². The van der Waals surface area contributed by atoms with Crippen molar-refractivity contribution < 1.29 is 15.0 Å². The number of ketones is 1. The summed E-state index contributed by atoms with van der Waals surface area (Å²) in [5, 5.41) is 23.6. The van der Waals surface area contributed by atoms with Crippen LogP contribution >= 0.6 is 0 Å². The molecule has 2 aromatic carbocycles. The Morgan fingerprint density at radius 3 is 2.69 bits per heavy atom. The molecule has 6 heteroatoms. The third kappa shape index (κ3) is 5.56. The van der Waals surface area contributed by atoms with Gasteiger partial charge < -0.3 is 20.0 Å². The van der Waals surface area contributed by atoms with Gasteiger partial charge in [0.05, 0.1) is 18.2 Å². The van der Waals surface area contributed by atoms with Gasteiger partial charge in [-0.3, -0.25) is 9.79 Å². The summed E-state index contributed by atoms with van der Waals surface area (Å²) in [5.74, 6) is 1.12. The van der Waals surface area contributed by atoms with E-state index in [0.29, 0.717) is 31.4 Å². The monoisotopic (exact) mass is 569 g/mol. The molecule has 0 amide bonds. The molecular weight excluding hydrogens is 522 g/mol. The molecule has 2 bridgehead atoms. The van der Waals surface area contributed by atoms with Crippen LogP contribution in [0.15, 0.2) is 65.2 Å². The first kappa shape index (κ1) is 29.1. The molecule has 0 radical (unpaired) electrons. The summed E-state index contributed by atoms with van der Waals surface area (Å²) < 4.78 is 0. The van der Waals surface area contributed by atoms with Gasteiger partial charge in [0.1, 0.15) is 0 Å². The first-order valence-electron chi connectivity index (χ1n) is 16.1. The molecule has 6 nitrogen and oxygen atoms in total. The zero-order valence-electron chi connectivity index (χ0n) is 25.4. The number of aliphatic hydroxyl groups is 2. The Morgan fingerprint density at radius 1 is 1.05 bits per heavy atom. The Bertz CT molecular complexity index is 1350. The SMILES string of the molecule is CC1=CCCC2(C)C(CCC2(O)CN2CCCN3CCCN=C32)c2ccc(cc2C(=O)c2ccccc2)CC(O)CC1. The summed E-state index contributed by atoms with van der Waals surface area (Å²) in [7, 11) is 0. The van der Waals surface area contributed by atoms with E-state index in [-0.39, 0.29) is 11.7 Å². The van der Waals surface area contributed by atoms with Gasteiger partial charge in [-0.05, 0) is 87.8 Å². The Morgan fingerprint density at radius 2 is 1.86 bits per heavy atom. The fourth-order valence-electron chi connectivity index (χ4n) is 8.11. The molecule has 1 saturated heterocycles. The van der Waals surface area contributed by atoms with Crippen LogP contribution in [0, 0.1) is 5.41 Å². The number of aliphatic imine (C=N–C) groups is 1. The highest BCUT2D eigenvalue weighted by molar-refractivity contribution is 6.10. The number of β-amino-alcohol motifs (C(OH)–C–C–N with tert-alkyl or cyclic N) is 1. The van der Waals surface area contributed by atoms with Crippen molar-refractivity contribution in [1.29, 1.82) is 0 Å². The van der Waals surface area contributed by atoms with Crippen molar-refractivity contribution in [1.82, 2.24) is 9.80 Å². The zero-order valence-corrected chi connectivity index (χ0v) is 25.4. The second-order valence-corrected chi connectivity index (χ2v) is 13.4. The van der Waals surface area contributed by atoms with Crippen LogP contribution < -0.4 is 0 Å². The van der Waals surface area contributed by atoms with Gasteiger partial charge >= 0.3 is 0 Å². The van der Waals surface area contributed by atoms with Crippen LogP contribution in [0.4, 0.5) is 0 Å². The maximum atomic E-state index is 14.1. The number of nitrogens with zero attached hydrogens (tertiary/aromatic N) is 3. The second kappa shape index (κ2) is 12.0. The minimum atomic E-state index is -0.915. The number of hydrogen-bond acceptors (Lipinski definition) is 6. The molecule has 5 aliphatic rings. The number of allylic oxidation sites excluding steroid dienone is 2. The van der Waals surface area contributed by atoms with Crippen LogP contribution in [-0.4, -0.2) is 76.2 Å². The predicted octanol–water partition coefficient (Wildman–Crippen LogP) is 5.72. The lowest BCUT2D eigenvalue weighted by atomic mass is 9.64. The molecule has 42 heavy (non-hydrogen) atoms. The van der Waals surface area contributed by atoms with E-state index in [1.807, 2.05) is 36.4 Å². The highest BCUT2D eigenvalue weighted by Gasteiger charge is 2.57. The van der Waals surface area contributed by atoms with E-state index < -0.39 is 17.1 Å². The van der Waals surface area contributed by atoms with Crippen molar-refractivity contribution in [3.8, 4) is 0 Å². The second-order valence-electron chi connectivity index (χ2n) is 13.4. The van der Waals surface area contributed by atoms with Gasteiger partial charge in [-0.25, -0.2) is 0 Å². The number of guanidine groups is 1. The van der Waals surface area contributed by atoms with Crippen LogP contribution in [-0.2, 0) is 6.42 Å². The number of carbonyl (C=O) groups is 1. The van der Waals surface area contributed by atoms with Gasteiger partial charge in [-0.2, -0.15) is 0 Å². The lowest BCUT2D eigenvalue weighted by Crippen LogP contribution is -2.59. The average Bonchev–Trinajstić information content (AvgIpc) is 3.25. The first-order valence-corrected chi connectivity index (χ1v) is 16.1. The van der Waals surface area contributed by atoms with Crippen molar-refractivity contribution >= 4 is 11.7 Å². The van der Waals surface area contributed by atoms with Gasteiger partial charge in [0.2, 0.25) is 0 Å². The number of fused-ring (bicyclic) bond motifs is 9. The molecule has 0 aromatic heterocycles. The van der Waals surface area contributed by atoms with Gasteiger partial charge in [0.25, 0.3) is 0 Å². The van der Waals surface area contributed by atoms with E-state index in [9.17, 15) is 15.0 Å². The molecular formula is C36H47N3O3. The molecule has 0 spiro atoms. The van der Waals surface area contributed by atoms with Crippen LogP contribution in [0.2, 0.25) is 0 Å². The molecule has 2 heterocycles. The van der Waals surface area contributed by atoms with Gasteiger partial charge in [0, 0.05) is 42.7 Å². The summed E-state index contributed by atoms with van der Waals surface area (Å²) >= 11 is 0. The Kier molecular flexibility index (Phi) is 8.30. The van der Waals surface area contributed by atoms with Crippen molar-refractivity contribution in [2.45, 2.75) is 89.3 Å². The zero-order chi connectivity index (χ0) is 29.3. The summed E-state index contributed by atoms with van der Waals surface area (Å²) in [4.78, 5) is 23.7. The fraction of sp³-hybridized carbons (Fsp3) is 0.556. The molecule has 224 valence electrons. The maximum Gasteiger partial charge on any atom is 0.196 e. The molecule has 1 saturated carbocycles. The Balaban J connectivity index is 1.42. The molecule has 4 atom stereocenters. The van der Waals surface area contributed by atoms with E-state index in [1.54, 1.807) is 0 Å². The van der Waals surface area contributed by atoms with Crippen LogP contribution in [0.3, 0.4) is 0 Å². The molecule has 7 rings (SSSR count). The number of benzene rings is 2. The summed E-state index contributed by atoms with van der Waals surface area (Å²) in [5.41, 5.74) is 3.37. The fourth-order valence-corrected chi connectivity index (χ4v) is 8.11. The standard InChI is InChI=1S/C36H47N3O3/c1-26-9-6-17-35(2)32(16-18-36(35,42)25-39-22-8-21-38-20-7-19-37-34(38)39)30-15-13-27(23-29(40)14-12-26)24-31(30)33(41)28-10-4-3-5-11-28/h3-5,9-11,13,15,24,29,32,40,42H,6-8,12,14,16-23,25H2,1-2H3. The molecule has 4 unspecified atom stereocenters. The number of aliphatic hydroxyl groups excluding tert-OH is 1. The number of rotatable bonds is 4. The van der Waals surface area contributed by atoms with E-state index in [2.05, 4.69) is 41.9 Å². The third-order valence-corrected chi connectivity index (χ3v) is 10.7. The average molecular weight is 570 g/mol. The molecule has 2 aliphatic heterocycles. The van der Waals surface area contributed by atoms with E-state index in [0.717, 1.165) is 87.4 Å². The van der Waals surface area contributed by atoms with Gasteiger partial charge in [-0.1, -0.05) is 61.0 Å². The minimum absolute atomic E-state index is 0.0193. The molecule has 2 aromatic rings. The van der Waals surface area contributed by atoms with Crippen LogP contribution in [0.5, 0.6) is 0 Å². The van der Waals surface area contributed by atoms with E-state index in [1.165, 1.54) is 5.57 Å². The quantitative estimate of drug-likeness (QED) is 0.364. The lowest BCUT2D eigenvalue weighted by molar-refractivity contribution is -0.0772. The Hall–Kier alpha value is -2.96. The number of hydrogen-bond donors (Lipinski definition) is 2. The van der Waals surface area contributed by atoms with Gasteiger partial charge in [-0.15, -0.1) is 0 Å². The maximum absolute atomic E-state index is 14.1. The predicted molar refractivity (Wildman–Crippen MR) is 168 cm³/mol. The molecule has 2 fully saturated rings.